The van der Waals surface area contributed by atoms with Gasteiger partial charge in [-0.3, -0.25) is 14.4 Å². The highest BCUT2D eigenvalue weighted by molar-refractivity contribution is 9.09. The van der Waals surface area contributed by atoms with Crippen LogP contribution in [0, 0.1) is 11.8 Å². The molecule has 33 heavy (non-hydrogen) atoms. The zero-order valence-corrected chi connectivity index (χ0v) is 21.5. The number of hydrogen-bond donors (Lipinski definition) is 1. The van der Waals surface area contributed by atoms with Crippen LogP contribution in [0.25, 0.3) is 0 Å². The number of unbranched alkanes of at least 4 members (excludes halogenated alkanes) is 2. The van der Waals surface area contributed by atoms with E-state index in [-0.39, 0.29) is 29.9 Å². The molecule has 0 saturated carbocycles. The predicted octanol–water partition coefficient (Wildman–Crippen LogP) is 2.27. The van der Waals surface area contributed by atoms with Crippen molar-refractivity contribution in [3.05, 3.63) is 12.7 Å². The van der Waals surface area contributed by atoms with Gasteiger partial charge in [-0.15, -0.1) is 6.58 Å². The summed E-state index contributed by atoms with van der Waals surface area (Å²) in [5.74, 6) is -2.56. The molecule has 3 fully saturated rings. The van der Waals surface area contributed by atoms with Crippen LogP contribution in [-0.2, 0) is 23.9 Å². The number of amides is 2. The number of carbonyl (C=O) groups is 3. The Labute approximate surface area is 204 Å². The smallest absolute Gasteiger partial charge is 0.312 e. The molecule has 0 aromatic carbocycles. The van der Waals surface area contributed by atoms with Crippen LogP contribution in [0.3, 0.4) is 0 Å². The first kappa shape index (κ1) is 26.2. The molecule has 9 heteroatoms. The molecule has 3 aliphatic rings. The van der Waals surface area contributed by atoms with Crippen LogP contribution in [-0.4, -0.2) is 87.6 Å². The predicted molar refractivity (Wildman–Crippen MR) is 127 cm³/mol. The Morgan fingerprint density at radius 2 is 2.12 bits per heavy atom. The number of hydrogen-bond acceptors (Lipinski definition) is 6. The van der Waals surface area contributed by atoms with E-state index in [2.05, 4.69) is 29.4 Å². The van der Waals surface area contributed by atoms with Crippen molar-refractivity contribution in [2.24, 2.45) is 11.8 Å². The van der Waals surface area contributed by atoms with Crippen LogP contribution in [0.5, 0.6) is 0 Å². The van der Waals surface area contributed by atoms with Gasteiger partial charge in [-0.2, -0.15) is 0 Å². The van der Waals surface area contributed by atoms with Gasteiger partial charge < -0.3 is 24.4 Å². The van der Waals surface area contributed by atoms with Crippen molar-refractivity contribution < 1.29 is 29.0 Å². The lowest BCUT2D eigenvalue weighted by Gasteiger charge is -2.39. The van der Waals surface area contributed by atoms with E-state index < -0.39 is 41.6 Å². The first-order chi connectivity index (χ1) is 15.8. The van der Waals surface area contributed by atoms with E-state index in [1.807, 2.05) is 6.92 Å². The fourth-order valence-electron chi connectivity index (χ4n) is 5.83. The van der Waals surface area contributed by atoms with Gasteiger partial charge in [0.05, 0.1) is 37.2 Å². The third-order valence-corrected chi connectivity index (χ3v) is 8.13. The Morgan fingerprint density at radius 3 is 2.70 bits per heavy atom. The maximum atomic E-state index is 14.0. The number of carbonyl (C=O) groups excluding carboxylic acids is 3. The first-order valence-corrected chi connectivity index (χ1v) is 13.1. The number of ether oxygens (including phenoxy) is 2. The minimum Gasteiger partial charge on any atom is -0.466 e. The van der Waals surface area contributed by atoms with Crippen molar-refractivity contribution in [2.45, 2.75) is 81.5 Å². The third-order valence-electron chi connectivity index (χ3n) is 7.29. The maximum Gasteiger partial charge on any atom is 0.312 e. The molecule has 0 radical (unpaired) electrons. The summed E-state index contributed by atoms with van der Waals surface area (Å²) in [4.78, 5) is 43.9. The standard InChI is InChI=1S/C24H37BrN2O6/c1-5-9-10-12-26(11-6-2)22(30)20-24-13-16(25)19(33-24)17(23(31)32-8-4)18(24)21(29)27(20)15(7-3)14-28/h6,15-20,28H,2,5,7-14H2,1,3-4H3/t15-,16?,17+,18-,19+,20?,24?/m0/s1. The Hall–Kier alpha value is -1.45. The normalized spacial score (nSPS) is 33.2. The average molecular weight is 529 g/mol. The first-order valence-electron chi connectivity index (χ1n) is 12.1. The Kier molecular flexibility index (Phi) is 8.61. The van der Waals surface area contributed by atoms with Crippen LogP contribution in [0.15, 0.2) is 12.7 Å². The zero-order valence-electron chi connectivity index (χ0n) is 19.9. The minimum atomic E-state index is -1.13. The molecule has 3 rings (SSSR count). The van der Waals surface area contributed by atoms with E-state index in [1.54, 1.807) is 17.9 Å². The highest BCUT2D eigenvalue weighted by atomic mass is 79.9. The summed E-state index contributed by atoms with van der Waals surface area (Å²) < 4.78 is 11.7. The fraction of sp³-hybridized carbons (Fsp3) is 0.792. The molecule has 3 aliphatic heterocycles. The van der Waals surface area contributed by atoms with Gasteiger partial charge in [0.25, 0.3) is 0 Å². The average Bonchev–Trinajstić information content (AvgIpc) is 3.38. The van der Waals surface area contributed by atoms with Gasteiger partial charge in [-0.05, 0) is 26.2 Å². The van der Waals surface area contributed by atoms with E-state index in [0.717, 1.165) is 19.3 Å². The van der Waals surface area contributed by atoms with Crippen LogP contribution in [0.4, 0.5) is 0 Å². The van der Waals surface area contributed by atoms with Gasteiger partial charge in [0, 0.05) is 17.9 Å². The second-order valence-corrected chi connectivity index (χ2v) is 10.4. The van der Waals surface area contributed by atoms with Crippen molar-refractivity contribution in [2.75, 3.05) is 26.3 Å². The molecule has 0 aromatic rings. The molecule has 3 heterocycles. The van der Waals surface area contributed by atoms with Crippen molar-refractivity contribution in [3.63, 3.8) is 0 Å². The molecule has 1 N–H and O–H groups in total. The summed E-state index contributed by atoms with van der Waals surface area (Å²) >= 11 is 3.64. The number of alkyl halides is 1. The largest absolute Gasteiger partial charge is 0.466 e. The van der Waals surface area contributed by atoms with Gasteiger partial charge in [0.1, 0.15) is 11.6 Å². The molecule has 3 saturated heterocycles. The Morgan fingerprint density at radius 1 is 1.39 bits per heavy atom. The van der Waals surface area contributed by atoms with Crippen LogP contribution >= 0.6 is 15.9 Å². The summed E-state index contributed by atoms with van der Waals surface area (Å²) in [6.45, 7) is 10.4. The lowest BCUT2D eigenvalue weighted by Crippen LogP contribution is -2.59. The molecule has 0 aliphatic carbocycles. The summed E-state index contributed by atoms with van der Waals surface area (Å²) in [5.41, 5.74) is -1.13. The van der Waals surface area contributed by atoms with Crippen molar-refractivity contribution in [3.8, 4) is 0 Å². The molecule has 3 unspecified atom stereocenters. The van der Waals surface area contributed by atoms with Gasteiger partial charge >= 0.3 is 5.97 Å². The Balaban J connectivity index is 2.05. The molecule has 0 aromatic heterocycles. The number of fused-ring (bicyclic) bond motifs is 1. The summed E-state index contributed by atoms with van der Waals surface area (Å²) in [6, 6.07) is -1.44. The topological polar surface area (TPSA) is 96.4 Å². The highest BCUT2D eigenvalue weighted by Crippen LogP contribution is 2.60. The fourth-order valence-corrected chi connectivity index (χ4v) is 6.78. The number of likely N-dealkylation sites (tertiary alicyclic amines) is 1. The molecule has 1 spiro atoms. The van der Waals surface area contributed by atoms with Crippen LogP contribution in [0.2, 0.25) is 0 Å². The van der Waals surface area contributed by atoms with Gasteiger partial charge in [0.2, 0.25) is 11.8 Å². The highest BCUT2D eigenvalue weighted by Gasteiger charge is 2.77. The monoisotopic (exact) mass is 528 g/mol. The maximum absolute atomic E-state index is 14.0. The number of aliphatic hydroxyl groups excluding tert-OH is 1. The van der Waals surface area contributed by atoms with E-state index in [9.17, 15) is 19.5 Å². The van der Waals surface area contributed by atoms with Crippen molar-refractivity contribution >= 4 is 33.7 Å². The van der Waals surface area contributed by atoms with E-state index in [0.29, 0.717) is 25.9 Å². The summed E-state index contributed by atoms with van der Waals surface area (Å²) in [7, 11) is 0. The van der Waals surface area contributed by atoms with Crippen LogP contribution in [0.1, 0.15) is 52.9 Å². The van der Waals surface area contributed by atoms with Crippen molar-refractivity contribution in [1.82, 2.24) is 9.80 Å². The second-order valence-electron chi connectivity index (χ2n) is 9.19. The lowest BCUT2D eigenvalue weighted by molar-refractivity contribution is -0.156. The third kappa shape index (κ3) is 4.36. The summed E-state index contributed by atoms with van der Waals surface area (Å²) in [5, 5.41) is 10.1. The SMILES string of the molecule is C=CCN(CCCCC)C(=O)C1N([C@@H](CC)CO)C(=O)[C@@H]2[C@@H](C(=O)OCC)[C@@H]3OC12CC3Br. The molecular formula is C24H37BrN2O6. The number of esters is 1. The number of aliphatic hydroxyl groups is 1. The van der Waals surface area contributed by atoms with E-state index >= 15 is 0 Å². The molecule has 7 atom stereocenters. The van der Waals surface area contributed by atoms with Gasteiger partial charge in [-0.1, -0.05) is 48.7 Å². The van der Waals surface area contributed by atoms with Crippen LogP contribution < -0.4 is 0 Å². The number of nitrogens with zero attached hydrogens (tertiary/aromatic N) is 2. The zero-order chi connectivity index (χ0) is 24.3. The minimum absolute atomic E-state index is 0.173. The molecule has 8 nitrogen and oxygen atoms in total. The quantitative estimate of drug-likeness (QED) is 0.180. The van der Waals surface area contributed by atoms with Gasteiger partial charge in [0.15, 0.2) is 0 Å². The van der Waals surface area contributed by atoms with Gasteiger partial charge in [-0.25, -0.2) is 0 Å². The molecule has 2 bridgehead atoms. The van der Waals surface area contributed by atoms with E-state index in [4.69, 9.17) is 9.47 Å². The van der Waals surface area contributed by atoms with Crippen molar-refractivity contribution in [1.29, 1.82) is 0 Å². The number of rotatable bonds is 12. The Bertz CT molecular complexity index is 759. The lowest BCUT2D eigenvalue weighted by atomic mass is 9.70. The molecule has 2 amide bonds. The van der Waals surface area contributed by atoms with E-state index in [1.165, 1.54) is 4.90 Å². The molecular weight excluding hydrogens is 492 g/mol. The molecule has 186 valence electrons. The number of halogens is 1. The summed E-state index contributed by atoms with van der Waals surface area (Å²) in [6.07, 6.45) is 4.94. The second kappa shape index (κ2) is 10.9.